The van der Waals surface area contributed by atoms with Crippen molar-refractivity contribution in [2.45, 2.75) is 10.9 Å². The number of hydrogen-bond donors (Lipinski definition) is 1. The molecule has 3 heterocycles. The molecule has 7 nitrogen and oxygen atoms in total. The van der Waals surface area contributed by atoms with Crippen molar-refractivity contribution in [3.8, 4) is 0 Å². The lowest BCUT2D eigenvalue weighted by molar-refractivity contribution is -0.172. The molecule has 0 saturated carbocycles. The zero-order chi connectivity index (χ0) is 15.6. The van der Waals surface area contributed by atoms with Crippen molar-refractivity contribution in [2.24, 2.45) is 0 Å². The third-order valence-electron chi connectivity index (χ3n) is 4.30. The summed E-state index contributed by atoms with van der Waals surface area (Å²) in [5.74, 6) is -2.42. The standard InChI is InChI=1S/C14H10N2O5S/c17-10-7-3-1-2-4-8(7)11(18)16(10)9-12(19)15-5-6-22-14(9,15)13(20)21/h1-4,9H,5-6H2,(H,20,21)/t9-,14-/m1/s1. The molecule has 0 radical (unpaired) electrons. The van der Waals surface area contributed by atoms with Crippen LogP contribution in [0.3, 0.4) is 0 Å². The number of carboxylic acid groups (broad SMARTS) is 1. The van der Waals surface area contributed by atoms with Crippen LogP contribution in [0.2, 0.25) is 0 Å². The molecule has 0 unspecified atom stereocenters. The second-order valence-corrected chi connectivity index (χ2v) is 6.59. The minimum Gasteiger partial charge on any atom is -0.479 e. The lowest BCUT2D eigenvalue weighted by atomic mass is 9.92. The fourth-order valence-electron chi connectivity index (χ4n) is 3.31. The van der Waals surface area contributed by atoms with Gasteiger partial charge in [-0.15, -0.1) is 11.8 Å². The van der Waals surface area contributed by atoms with Gasteiger partial charge in [-0.25, -0.2) is 4.79 Å². The average molecular weight is 318 g/mol. The molecule has 112 valence electrons. The van der Waals surface area contributed by atoms with Gasteiger partial charge in [0.05, 0.1) is 11.1 Å². The number of β-lactam (4-membered cyclic amide) rings is 1. The van der Waals surface area contributed by atoms with Crippen molar-refractivity contribution >= 4 is 35.5 Å². The Hall–Kier alpha value is -2.35. The van der Waals surface area contributed by atoms with Gasteiger partial charge in [0.15, 0.2) is 6.04 Å². The summed E-state index contributed by atoms with van der Waals surface area (Å²) in [6.07, 6.45) is 0. The van der Waals surface area contributed by atoms with Gasteiger partial charge in [0.2, 0.25) is 4.87 Å². The number of thioether (sulfide) groups is 1. The van der Waals surface area contributed by atoms with Crippen LogP contribution in [-0.4, -0.2) is 61.8 Å². The molecule has 2 atom stereocenters. The minimum atomic E-state index is -1.54. The Kier molecular flexibility index (Phi) is 2.48. The van der Waals surface area contributed by atoms with Crippen LogP contribution in [0.4, 0.5) is 0 Å². The van der Waals surface area contributed by atoms with E-state index in [1.54, 1.807) is 12.1 Å². The van der Waals surface area contributed by atoms with Gasteiger partial charge in [-0.3, -0.25) is 19.3 Å². The molecule has 1 aromatic rings. The van der Waals surface area contributed by atoms with E-state index in [9.17, 15) is 24.3 Å². The fraction of sp³-hybridized carbons (Fsp3) is 0.286. The molecule has 2 fully saturated rings. The van der Waals surface area contributed by atoms with E-state index in [0.717, 1.165) is 16.7 Å². The molecule has 0 bridgehead atoms. The number of carbonyl (C=O) groups is 4. The highest BCUT2D eigenvalue weighted by molar-refractivity contribution is 8.01. The Balaban J connectivity index is 1.80. The smallest absolute Gasteiger partial charge is 0.343 e. The van der Waals surface area contributed by atoms with Crippen molar-refractivity contribution in [1.82, 2.24) is 9.80 Å². The van der Waals surface area contributed by atoms with Crippen LogP contribution in [0.15, 0.2) is 24.3 Å². The maximum atomic E-state index is 12.5. The second-order valence-electron chi connectivity index (χ2n) is 5.27. The summed E-state index contributed by atoms with van der Waals surface area (Å²) in [5.41, 5.74) is 0.421. The predicted octanol–water partition coefficient (Wildman–Crippen LogP) is 0.0211. The third kappa shape index (κ3) is 1.29. The zero-order valence-electron chi connectivity index (χ0n) is 11.2. The summed E-state index contributed by atoms with van der Waals surface area (Å²) in [4.78, 5) is 49.5. The van der Waals surface area contributed by atoms with E-state index in [2.05, 4.69) is 0 Å². The van der Waals surface area contributed by atoms with Gasteiger partial charge in [0.1, 0.15) is 0 Å². The summed E-state index contributed by atoms with van der Waals surface area (Å²) in [6, 6.07) is 4.99. The van der Waals surface area contributed by atoms with Gasteiger partial charge in [0.25, 0.3) is 17.7 Å². The number of aliphatic carboxylic acids is 1. The van der Waals surface area contributed by atoms with Crippen LogP contribution < -0.4 is 0 Å². The zero-order valence-corrected chi connectivity index (χ0v) is 12.0. The molecule has 3 aliphatic heterocycles. The van der Waals surface area contributed by atoms with Crippen LogP contribution in [0.25, 0.3) is 0 Å². The summed E-state index contributed by atoms with van der Waals surface area (Å²) in [7, 11) is 0. The maximum Gasteiger partial charge on any atom is 0.343 e. The number of nitrogens with zero attached hydrogens (tertiary/aromatic N) is 2. The Morgan fingerprint density at radius 2 is 1.77 bits per heavy atom. The molecule has 8 heteroatoms. The van der Waals surface area contributed by atoms with E-state index in [1.807, 2.05) is 0 Å². The Bertz CT molecular complexity index is 728. The Morgan fingerprint density at radius 3 is 2.32 bits per heavy atom. The van der Waals surface area contributed by atoms with E-state index in [0.29, 0.717) is 12.3 Å². The van der Waals surface area contributed by atoms with E-state index in [4.69, 9.17) is 0 Å². The second kappa shape index (κ2) is 4.10. The number of fused-ring (bicyclic) bond motifs is 2. The molecule has 1 aromatic carbocycles. The number of hydrogen-bond acceptors (Lipinski definition) is 5. The molecule has 4 rings (SSSR count). The highest BCUT2D eigenvalue weighted by Crippen LogP contribution is 2.50. The van der Waals surface area contributed by atoms with Gasteiger partial charge in [-0.2, -0.15) is 0 Å². The van der Waals surface area contributed by atoms with Gasteiger partial charge >= 0.3 is 5.97 Å². The van der Waals surface area contributed by atoms with Gasteiger partial charge < -0.3 is 10.0 Å². The largest absolute Gasteiger partial charge is 0.479 e. The minimum absolute atomic E-state index is 0.210. The normalized spacial score (nSPS) is 29.5. The Labute approximate surface area is 128 Å². The maximum absolute atomic E-state index is 12.5. The van der Waals surface area contributed by atoms with Gasteiger partial charge in [-0.05, 0) is 12.1 Å². The third-order valence-corrected chi connectivity index (χ3v) is 5.74. The first kappa shape index (κ1) is 13.3. The van der Waals surface area contributed by atoms with Gasteiger partial charge in [-0.1, -0.05) is 12.1 Å². The van der Waals surface area contributed by atoms with Crippen LogP contribution in [0.1, 0.15) is 20.7 Å². The first-order chi connectivity index (χ1) is 10.5. The Morgan fingerprint density at radius 1 is 1.18 bits per heavy atom. The fourth-order valence-corrected chi connectivity index (χ4v) is 4.72. The van der Waals surface area contributed by atoms with Crippen LogP contribution in [0, 0.1) is 0 Å². The van der Waals surface area contributed by atoms with E-state index in [-0.39, 0.29) is 11.1 Å². The quantitative estimate of drug-likeness (QED) is 0.610. The SMILES string of the molecule is O=C1c2ccccc2C(=O)N1[C@@H]1C(=O)N2CCS[C@@]12C(=O)O. The van der Waals surface area contributed by atoms with Crippen LogP contribution in [-0.2, 0) is 9.59 Å². The molecule has 0 aliphatic carbocycles. The van der Waals surface area contributed by atoms with Crippen molar-refractivity contribution in [2.75, 3.05) is 12.3 Å². The highest BCUT2D eigenvalue weighted by Gasteiger charge is 2.72. The van der Waals surface area contributed by atoms with E-state index < -0.39 is 34.6 Å². The number of imide groups is 1. The van der Waals surface area contributed by atoms with Crippen LogP contribution >= 0.6 is 11.8 Å². The molecule has 22 heavy (non-hydrogen) atoms. The number of carboxylic acids is 1. The first-order valence-corrected chi connectivity index (χ1v) is 7.64. The van der Waals surface area contributed by atoms with E-state index in [1.165, 1.54) is 17.0 Å². The molecular formula is C14H10N2O5S. The van der Waals surface area contributed by atoms with Crippen molar-refractivity contribution in [3.05, 3.63) is 35.4 Å². The monoisotopic (exact) mass is 318 g/mol. The molecule has 0 aromatic heterocycles. The summed E-state index contributed by atoms with van der Waals surface area (Å²) in [6.45, 7) is 0.315. The number of carbonyl (C=O) groups excluding carboxylic acids is 3. The molecule has 3 amide bonds. The average Bonchev–Trinajstić information content (AvgIpc) is 3.01. The van der Waals surface area contributed by atoms with Crippen molar-refractivity contribution < 1.29 is 24.3 Å². The summed E-state index contributed by atoms with van der Waals surface area (Å²) < 4.78 is 0. The van der Waals surface area contributed by atoms with Crippen LogP contribution in [0.5, 0.6) is 0 Å². The van der Waals surface area contributed by atoms with Crippen molar-refractivity contribution in [1.29, 1.82) is 0 Å². The number of rotatable bonds is 2. The predicted molar refractivity (Wildman–Crippen MR) is 75.3 cm³/mol. The molecule has 3 aliphatic rings. The van der Waals surface area contributed by atoms with E-state index >= 15 is 0 Å². The lowest BCUT2D eigenvalue weighted by Gasteiger charge is -2.51. The topological polar surface area (TPSA) is 95.0 Å². The van der Waals surface area contributed by atoms with Crippen molar-refractivity contribution in [3.63, 3.8) is 0 Å². The number of amides is 3. The summed E-state index contributed by atoms with van der Waals surface area (Å²) in [5, 5.41) is 9.57. The summed E-state index contributed by atoms with van der Waals surface area (Å²) >= 11 is 1.09. The molecular weight excluding hydrogens is 308 g/mol. The molecule has 0 spiro atoms. The number of benzene rings is 1. The lowest BCUT2D eigenvalue weighted by Crippen LogP contribution is -2.79. The molecule has 2 saturated heterocycles. The van der Waals surface area contributed by atoms with Gasteiger partial charge in [0, 0.05) is 12.3 Å². The molecule has 1 N–H and O–H groups in total. The highest BCUT2D eigenvalue weighted by atomic mass is 32.2. The first-order valence-electron chi connectivity index (χ1n) is 6.66.